The molecule has 0 atom stereocenters. The first-order chi connectivity index (χ1) is 12.1. The number of carbonyl (C=O) groups is 1. The third kappa shape index (κ3) is 4.83. The quantitative estimate of drug-likeness (QED) is 0.716. The van der Waals surface area contributed by atoms with Gasteiger partial charge in [-0.15, -0.1) is 0 Å². The summed E-state index contributed by atoms with van der Waals surface area (Å²) in [5.74, 6) is 0.723. The van der Waals surface area contributed by atoms with Crippen molar-refractivity contribution in [1.82, 2.24) is 4.90 Å². The van der Waals surface area contributed by atoms with Gasteiger partial charge in [-0.05, 0) is 36.8 Å². The predicted molar refractivity (Wildman–Crippen MR) is 96.1 cm³/mol. The summed E-state index contributed by atoms with van der Waals surface area (Å²) in [7, 11) is 3.15. The van der Waals surface area contributed by atoms with Gasteiger partial charge in [-0.1, -0.05) is 24.3 Å². The van der Waals surface area contributed by atoms with Crippen molar-refractivity contribution < 1.29 is 18.7 Å². The lowest BCUT2D eigenvalue weighted by molar-refractivity contribution is -0.126. The molecule has 0 aromatic heterocycles. The first-order valence-corrected chi connectivity index (χ1v) is 8.01. The van der Waals surface area contributed by atoms with Crippen molar-refractivity contribution in [3.05, 3.63) is 65.5 Å². The number of hydrogen-bond acceptors (Lipinski definition) is 3. The molecule has 4 nitrogen and oxygen atoms in total. The summed E-state index contributed by atoms with van der Waals surface area (Å²) in [5, 5.41) is 0. The van der Waals surface area contributed by atoms with E-state index in [0.29, 0.717) is 30.2 Å². The van der Waals surface area contributed by atoms with Crippen LogP contribution in [0.25, 0.3) is 6.08 Å². The Labute approximate surface area is 147 Å². The van der Waals surface area contributed by atoms with Crippen LogP contribution in [-0.4, -0.2) is 31.6 Å². The van der Waals surface area contributed by atoms with E-state index in [2.05, 4.69) is 0 Å². The van der Waals surface area contributed by atoms with Crippen molar-refractivity contribution in [2.75, 3.05) is 20.8 Å². The summed E-state index contributed by atoms with van der Waals surface area (Å²) in [6.45, 7) is 2.86. The van der Waals surface area contributed by atoms with Crippen molar-refractivity contribution in [2.24, 2.45) is 0 Å². The Bertz CT molecular complexity index is 758. The molecule has 2 aromatic carbocycles. The Morgan fingerprint density at radius 2 is 1.84 bits per heavy atom. The van der Waals surface area contributed by atoms with Crippen molar-refractivity contribution in [1.29, 1.82) is 0 Å². The molecule has 0 N–H and O–H groups in total. The maximum atomic E-state index is 13.6. The molecule has 1 amide bonds. The van der Waals surface area contributed by atoms with Crippen molar-refractivity contribution in [2.45, 2.75) is 13.5 Å². The molecule has 2 rings (SSSR count). The molecule has 0 aliphatic rings. The maximum Gasteiger partial charge on any atom is 0.246 e. The van der Waals surface area contributed by atoms with E-state index in [4.69, 9.17) is 9.47 Å². The first-order valence-electron chi connectivity index (χ1n) is 8.01. The van der Waals surface area contributed by atoms with E-state index >= 15 is 0 Å². The van der Waals surface area contributed by atoms with E-state index in [9.17, 15) is 9.18 Å². The van der Waals surface area contributed by atoms with Crippen LogP contribution in [0.2, 0.25) is 0 Å². The van der Waals surface area contributed by atoms with Crippen LogP contribution in [0.15, 0.2) is 48.5 Å². The summed E-state index contributed by atoms with van der Waals surface area (Å²) < 4.78 is 24.1. The monoisotopic (exact) mass is 343 g/mol. The molecular formula is C20H22FNO3. The van der Waals surface area contributed by atoms with Gasteiger partial charge in [0.05, 0.1) is 14.2 Å². The van der Waals surface area contributed by atoms with Gasteiger partial charge >= 0.3 is 0 Å². The number of rotatable bonds is 7. The second-order valence-electron chi connectivity index (χ2n) is 5.40. The third-order valence-corrected chi connectivity index (χ3v) is 3.83. The van der Waals surface area contributed by atoms with Crippen LogP contribution in [0.5, 0.6) is 11.5 Å². The fourth-order valence-electron chi connectivity index (χ4n) is 2.42. The zero-order valence-electron chi connectivity index (χ0n) is 14.7. The van der Waals surface area contributed by atoms with Crippen LogP contribution in [0, 0.1) is 5.82 Å². The highest BCUT2D eigenvalue weighted by Gasteiger charge is 2.12. The standard InChI is InChI=1S/C20H22FNO3/c1-4-22(14-15-9-11-18(24-2)19(13-15)25-3)20(23)12-10-16-7-5-6-8-17(16)21/h5-13H,4,14H2,1-3H3/b12-10+. The Hall–Kier alpha value is -2.82. The van der Waals surface area contributed by atoms with Crippen molar-refractivity contribution in [3.63, 3.8) is 0 Å². The summed E-state index contributed by atoms with van der Waals surface area (Å²) >= 11 is 0. The fourth-order valence-corrected chi connectivity index (χ4v) is 2.42. The number of amides is 1. The highest BCUT2D eigenvalue weighted by Crippen LogP contribution is 2.28. The molecule has 0 heterocycles. The van der Waals surface area contributed by atoms with Crippen LogP contribution >= 0.6 is 0 Å². The lowest BCUT2D eigenvalue weighted by Gasteiger charge is -2.20. The summed E-state index contributed by atoms with van der Waals surface area (Å²) in [5.41, 5.74) is 1.31. The molecule has 0 aliphatic heterocycles. The molecule has 0 unspecified atom stereocenters. The SMILES string of the molecule is CCN(Cc1ccc(OC)c(OC)c1)C(=O)/C=C/c1ccccc1F. The Kier molecular flexibility index (Phi) is 6.57. The minimum atomic E-state index is -0.352. The predicted octanol–water partition coefficient (Wildman–Crippen LogP) is 3.90. The summed E-state index contributed by atoms with van der Waals surface area (Å²) in [6, 6.07) is 11.9. The molecule has 0 bridgehead atoms. The van der Waals surface area contributed by atoms with Gasteiger partial charge in [0.1, 0.15) is 5.82 Å². The van der Waals surface area contributed by atoms with E-state index in [1.54, 1.807) is 37.3 Å². The molecule has 0 aliphatic carbocycles. The van der Waals surface area contributed by atoms with Gasteiger partial charge in [-0.2, -0.15) is 0 Å². The molecule has 0 spiro atoms. The Balaban J connectivity index is 2.11. The second-order valence-corrected chi connectivity index (χ2v) is 5.40. The zero-order chi connectivity index (χ0) is 18.2. The van der Waals surface area contributed by atoms with Crippen LogP contribution in [0.1, 0.15) is 18.1 Å². The van der Waals surface area contributed by atoms with Gasteiger partial charge in [0.2, 0.25) is 5.91 Å². The maximum absolute atomic E-state index is 13.6. The molecule has 0 saturated heterocycles. The third-order valence-electron chi connectivity index (χ3n) is 3.83. The van der Waals surface area contributed by atoms with E-state index in [1.807, 2.05) is 25.1 Å². The van der Waals surface area contributed by atoms with E-state index < -0.39 is 0 Å². The van der Waals surface area contributed by atoms with Crippen molar-refractivity contribution in [3.8, 4) is 11.5 Å². The summed E-state index contributed by atoms with van der Waals surface area (Å²) in [4.78, 5) is 14.1. The van der Waals surface area contributed by atoms with Crippen LogP contribution < -0.4 is 9.47 Å². The summed E-state index contributed by atoms with van der Waals surface area (Å²) in [6.07, 6.45) is 2.89. The Morgan fingerprint density at radius 3 is 2.48 bits per heavy atom. The zero-order valence-corrected chi connectivity index (χ0v) is 14.7. The minimum Gasteiger partial charge on any atom is -0.493 e. The minimum absolute atomic E-state index is 0.180. The normalized spacial score (nSPS) is 10.7. The molecule has 0 radical (unpaired) electrons. The average molecular weight is 343 g/mol. The number of hydrogen-bond donors (Lipinski definition) is 0. The number of ether oxygens (including phenoxy) is 2. The lowest BCUT2D eigenvalue weighted by Crippen LogP contribution is -2.28. The molecule has 0 fully saturated rings. The van der Waals surface area contributed by atoms with Crippen LogP contribution in [-0.2, 0) is 11.3 Å². The van der Waals surface area contributed by atoms with E-state index in [1.165, 1.54) is 18.2 Å². The molecule has 25 heavy (non-hydrogen) atoms. The van der Waals surface area contributed by atoms with Crippen LogP contribution in [0.4, 0.5) is 4.39 Å². The second kappa shape index (κ2) is 8.87. The number of methoxy groups -OCH3 is 2. The van der Waals surface area contributed by atoms with Gasteiger partial charge in [0, 0.05) is 24.7 Å². The van der Waals surface area contributed by atoms with Gasteiger partial charge in [0.15, 0.2) is 11.5 Å². The molecule has 132 valence electrons. The topological polar surface area (TPSA) is 38.8 Å². The molecule has 0 saturated carbocycles. The number of likely N-dealkylation sites (N-methyl/N-ethyl adjacent to an activating group) is 1. The highest BCUT2D eigenvalue weighted by atomic mass is 19.1. The molecule has 2 aromatic rings. The van der Waals surface area contributed by atoms with E-state index in [0.717, 1.165) is 5.56 Å². The molecule has 5 heteroatoms. The van der Waals surface area contributed by atoms with E-state index in [-0.39, 0.29) is 11.7 Å². The average Bonchev–Trinajstić information content (AvgIpc) is 2.64. The van der Waals surface area contributed by atoms with Gasteiger partial charge in [0.25, 0.3) is 0 Å². The lowest BCUT2D eigenvalue weighted by atomic mass is 10.1. The smallest absolute Gasteiger partial charge is 0.246 e. The first kappa shape index (κ1) is 18.5. The molecular weight excluding hydrogens is 321 g/mol. The number of halogens is 1. The van der Waals surface area contributed by atoms with Gasteiger partial charge in [-0.3, -0.25) is 4.79 Å². The Morgan fingerprint density at radius 1 is 1.12 bits per heavy atom. The van der Waals surface area contributed by atoms with Crippen LogP contribution in [0.3, 0.4) is 0 Å². The number of nitrogens with zero attached hydrogens (tertiary/aromatic N) is 1. The fraction of sp³-hybridized carbons (Fsp3) is 0.250. The number of carbonyl (C=O) groups excluding carboxylic acids is 1. The van der Waals surface area contributed by atoms with Gasteiger partial charge < -0.3 is 14.4 Å². The van der Waals surface area contributed by atoms with Crippen molar-refractivity contribution >= 4 is 12.0 Å². The largest absolute Gasteiger partial charge is 0.493 e. The number of benzene rings is 2. The van der Waals surface area contributed by atoms with Gasteiger partial charge in [-0.25, -0.2) is 4.39 Å². The highest BCUT2D eigenvalue weighted by molar-refractivity contribution is 5.91.